The number of hydrogen-bond donors (Lipinski definition) is 0. The lowest BCUT2D eigenvalue weighted by Crippen LogP contribution is -2.47. The van der Waals surface area contributed by atoms with E-state index >= 15 is 0 Å². The highest BCUT2D eigenvalue weighted by Crippen LogP contribution is 2.31. The Labute approximate surface area is 203 Å². The van der Waals surface area contributed by atoms with Crippen molar-refractivity contribution in [1.82, 2.24) is 9.21 Å². The van der Waals surface area contributed by atoms with Crippen LogP contribution in [0.2, 0.25) is 10.0 Å². The first-order valence-corrected chi connectivity index (χ1v) is 13.8. The quantitative estimate of drug-likeness (QED) is 0.439. The lowest BCUT2D eigenvalue weighted by atomic mass is 10.0. The van der Waals surface area contributed by atoms with Crippen LogP contribution in [0.1, 0.15) is 23.3 Å². The first-order chi connectivity index (χ1) is 15.4. The molecule has 2 aromatic carbocycles. The van der Waals surface area contributed by atoms with E-state index in [9.17, 15) is 8.42 Å². The second-order valence-corrected chi connectivity index (χ2v) is 12.1. The van der Waals surface area contributed by atoms with Crippen LogP contribution < -0.4 is 0 Å². The standard InChI is InChI=1S/C24H24Cl2N2O2S2/c25-22-6-3-18(15-23(22)26)17-1-4-21(5-2-17)32(29,30)28-12-7-20(8-13-28)27-11-9-24-19(16-27)10-14-31-24/h1-6,10,14-15,20H,7-9,11-13,16H2. The van der Waals surface area contributed by atoms with Crippen molar-refractivity contribution in [2.24, 2.45) is 0 Å². The number of nitrogens with zero attached hydrogens (tertiary/aromatic N) is 2. The number of fused-ring (bicyclic) bond motifs is 1. The van der Waals surface area contributed by atoms with Gasteiger partial charge in [-0.1, -0.05) is 41.4 Å². The maximum absolute atomic E-state index is 13.2. The van der Waals surface area contributed by atoms with Gasteiger partial charge in [-0.3, -0.25) is 4.90 Å². The number of rotatable bonds is 4. The molecule has 3 heterocycles. The van der Waals surface area contributed by atoms with Crippen LogP contribution in [0.25, 0.3) is 11.1 Å². The molecule has 5 rings (SSSR count). The molecule has 0 N–H and O–H groups in total. The number of hydrogen-bond acceptors (Lipinski definition) is 4. The van der Waals surface area contributed by atoms with Gasteiger partial charge in [-0.25, -0.2) is 8.42 Å². The van der Waals surface area contributed by atoms with E-state index in [0.717, 1.165) is 43.5 Å². The molecule has 0 unspecified atom stereocenters. The average molecular weight is 508 g/mol. The fraction of sp³-hybridized carbons (Fsp3) is 0.333. The summed E-state index contributed by atoms with van der Waals surface area (Å²) in [6.07, 6.45) is 2.86. The molecule has 0 saturated carbocycles. The third-order valence-electron chi connectivity index (χ3n) is 6.52. The Morgan fingerprint density at radius 3 is 2.31 bits per heavy atom. The maximum Gasteiger partial charge on any atom is 0.243 e. The molecule has 0 radical (unpaired) electrons. The average Bonchev–Trinajstić information content (AvgIpc) is 3.29. The normalized spacial score (nSPS) is 18.6. The molecular formula is C24H24Cl2N2O2S2. The molecule has 1 aromatic heterocycles. The second kappa shape index (κ2) is 9.09. The molecule has 4 nitrogen and oxygen atoms in total. The Morgan fingerprint density at radius 2 is 1.59 bits per heavy atom. The summed E-state index contributed by atoms with van der Waals surface area (Å²) in [5.41, 5.74) is 3.25. The van der Waals surface area contributed by atoms with Gasteiger partial charge in [-0.15, -0.1) is 11.3 Å². The fourth-order valence-corrected chi connectivity index (χ4v) is 7.33. The molecule has 8 heteroatoms. The van der Waals surface area contributed by atoms with E-state index in [1.165, 1.54) is 10.4 Å². The highest BCUT2D eigenvalue weighted by molar-refractivity contribution is 7.89. The molecule has 0 amide bonds. The van der Waals surface area contributed by atoms with Crippen LogP contribution in [0.4, 0.5) is 0 Å². The molecule has 2 aliphatic rings. The molecule has 0 bridgehead atoms. The lowest BCUT2D eigenvalue weighted by Gasteiger charge is -2.39. The first-order valence-electron chi connectivity index (χ1n) is 10.8. The predicted molar refractivity (Wildman–Crippen MR) is 132 cm³/mol. The van der Waals surface area contributed by atoms with Gasteiger partial charge >= 0.3 is 0 Å². The Morgan fingerprint density at radius 1 is 0.875 bits per heavy atom. The van der Waals surface area contributed by atoms with Gasteiger partial charge in [-0.05, 0) is 71.7 Å². The molecule has 168 valence electrons. The van der Waals surface area contributed by atoms with Crippen LogP contribution in [0.3, 0.4) is 0 Å². The number of piperidine rings is 1. The van der Waals surface area contributed by atoms with E-state index < -0.39 is 10.0 Å². The highest BCUT2D eigenvalue weighted by Gasteiger charge is 2.33. The minimum atomic E-state index is -3.50. The number of benzene rings is 2. The maximum atomic E-state index is 13.2. The molecule has 0 spiro atoms. The minimum Gasteiger partial charge on any atom is -0.296 e. The third-order valence-corrected chi connectivity index (χ3v) is 10.2. The van der Waals surface area contributed by atoms with Crippen LogP contribution in [0.15, 0.2) is 58.8 Å². The van der Waals surface area contributed by atoms with E-state index in [-0.39, 0.29) is 0 Å². The van der Waals surface area contributed by atoms with Gasteiger partial charge in [0.05, 0.1) is 14.9 Å². The van der Waals surface area contributed by atoms with Crippen LogP contribution >= 0.6 is 34.5 Å². The Kier molecular flexibility index (Phi) is 6.36. The molecule has 3 aromatic rings. The summed E-state index contributed by atoms with van der Waals surface area (Å²) in [5.74, 6) is 0. The van der Waals surface area contributed by atoms with Gasteiger partial charge in [-0.2, -0.15) is 4.31 Å². The number of sulfonamides is 1. The molecular weight excluding hydrogens is 483 g/mol. The van der Waals surface area contributed by atoms with Crippen molar-refractivity contribution in [3.8, 4) is 11.1 Å². The van der Waals surface area contributed by atoms with E-state index in [0.29, 0.717) is 34.1 Å². The van der Waals surface area contributed by atoms with Gasteiger partial charge in [0.25, 0.3) is 0 Å². The number of thiophene rings is 1. The largest absolute Gasteiger partial charge is 0.296 e. The zero-order valence-electron chi connectivity index (χ0n) is 17.5. The SMILES string of the molecule is O=S(=O)(c1ccc(-c2ccc(Cl)c(Cl)c2)cc1)N1CCC(N2CCc3sccc3C2)CC1. The van der Waals surface area contributed by atoms with Crippen molar-refractivity contribution in [2.75, 3.05) is 19.6 Å². The second-order valence-electron chi connectivity index (χ2n) is 8.38. The summed E-state index contributed by atoms with van der Waals surface area (Å²) in [7, 11) is -3.50. The summed E-state index contributed by atoms with van der Waals surface area (Å²) in [6.45, 7) is 3.19. The summed E-state index contributed by atoms with van der Waals surface area (Å²) in [6, 6.07) is 15.1. The summed E-state index contributed by atoms with van der Waals surface area (Å²) in [4.78, 5) is 4.37. The van der Waals surface area contributed by atoms with Crippen molar-refractivity contribution in [3.05, 3.63) is 74.4 Å². The van der Waals surface area contributed by atoms with Crippen molar-refractivity contribution in [1.29, 1.82) is 0 Å². The van der Waals surface area contributed by atoms with Gasteiger partial charge < -0.3 is 0 Å². The molecule has 32 heavy (non-hydrogen) atoms. The van der Waals surface area contributed by atoms with Gasteiger partial charge in [0.2, 0.25) is 10.0 Å². The van der Waals surface area contributed by atoms with Crippen LogP contribution in [0, 0.1) is 0 Å². The zero-order chi connectivity index (χ0) is 22.3. The smallest absolute Gasteiger partial charge is 0.243 e. The monoisotopic (exact) mass is 506 g/mol. The van der Waals surface area contributed by atoms with Crippen molar-refractivity contribution in [2.45, 2.75) is 36.7 Å². The fourth-order valence-electron chi connectivity index (χ4n) is 4.67. The molecule has 2 aliphatic heterocycles. The Balaban J connectivity index is 1.25. The molecule has 1 fully saturated rings. The van der Waals surface area contributed by atoms with Crippen molar-refractivity contribution < 1.29 is 8.42 Å². The van der Waals surface area contributed by atoms with E-state index in [1.54, 1.807) is 28.6 Å². The van der Waals surface area contributed by atoms with Gasteiger partial charge in [0.1, 0.15) is 0 Å². The first kappa shape index (κ1) is 22.4. The van der Waals surface area contributed by atoms with E-state index in [2.05, 4.69) is 16.3 Å². The lowest BCUT2D eigenvalue weighted by molar-refractivity contribution is 0.127. The van der Waals surface area contributed by atoms with Crippen LogP contribution in [-0.2, 0) is 23.0 Å². The molecule has 0 atom stereocenters. The molecule has 1 saturated heterocycles. The predicted octanol–water partition coefficient (Wildman–Crippen LogP) is 5.93. The van der Waals surface area contributed by atoms with Crippen molar-refractivity contribution >= 4 is 44.6 Å². The Bertz CT molecular complexity index is 1220. The van der Waals surface area contributed by atoms with Gasteiger partial charge in [0, 0.05) is 37.1 Å². The minimum absolute atomic E-state index is 0.334. The topological polar surface area (TPSA) is 40.6 Å². The number of halogens is 2. The van der Waals surface area contributed by atoms with E-state index in [4.69, 9.17) is 23.2 Å². The van der Waals surface area contributed by atoms with Crippen molar-refractivity contribution in [3.63, 3.8) is 0 Å². The highest BCUT2D eigenvalue weighted by atomic mass is 35.5. The van der Waals surface area contributed by atoms with E-state index in [1.807, 2.05) is 29.5 Å². The Hall–Kier alpha value is -1.41. The van der Waals surface area contributed by atoms with Crippen LogP contribution in [-0.4, -0.2) is 43.3 Å². The third kappa shape index (κ3) is 4.37. The zero-order valence-corrected chi connectivity index (χ0v) is 20.7. The summed E-state index contributed by atoms with van der Waals surface area (Å²) in [5, 5.41) is 3.15. The van der Waals surface area contributed by atoms with Gasteiger partial charge in [0.15, 0.2) is 0 Å². The summed E-state index contributed by atoms with van der Waals surface area (Å²) >= 11 is 14.0. The van der Waals surface area contributed by atoms with Crippen LogP contribution in [0.5, 0.6) is 0 Å². The molecule has 0 aliphatic carbocycles. The summed E-state index contributed by atoms with van der Waals surface area (Å²) < 4.78 is 28.1.